The molecule has 31 heavy (non-hydrogen) atoms. The molecule has 0 amide bonds. The third kappa shape index (κ3) is 4.92. The Morgan fingerprint density at radius 3 is 2.55 bits per heavy atom. The van der Waals surface area contributed by atoms with Crippen LogP contribution in [0.4, 0.5) is 10.8 Å². The smallest absolute Gasteiger partial charge is 0.266 e. The molecule has 0 fully saturated rings. The van der Waals surface area contributed by atoms with Crippen molar-refractivity contribution in [2.75, 3.05) is 10.8 Å². The number of aromatic hydroxyl groups is 1. The van der Waals surface area contributed by atoms with E-state index in [9.17, 15) is 13.5 Å². The Bertz CT molecular complexity index is 1240. The summed E-state index contributed by atoms with van der Waals surface area (Å²) < 4.78 is 27.8. The first-order valence-corrected chi connectivity index (χ1v) is 11.4. The summed E-state index contributed by atoms with van der Waals surface area (Å²) in [5, 5.41) is 25.0. The predicted octanol–water partition coefficient (Wildman–Crippen LogP) is 2.55. The van der Waals surface area contributed by atoms with Gasteiger partial charge in [-0.1, -0.05) is 5.21 Å². The molecule has 0 aliphatic heterocycles. The Labute approximate surface area is 182 Å². The van der Waals surface area contributed by atoms with Crippen LogP contribution < -0.4 is 4.31 Å². The molecule has 0 saturated heterocycles. The second-order valence-electron chi connectivity index (χ2n) is 6.31. The molecule has 2 heterocycles. The highest BCUT2D eigenvalue weighted by Gasteiger charge is 2.27. The molecule has 2 aromatic carbocycles. The Kier molecular flexibility index (Phi) is 6.00. The van der Waals surface area contributed by atoms with Gasteiger partial charge in [0, 0.05) is 30.8 Å². The number of rotatable bonds is 8. The first-order chi connectivity index (χ1) is 15.0. The molecular formula is C19H17N7O3S2. The van der Waals surface area contributed by atoms with Gasteiger partial charge in [0.15, 0.2) is 11.0 Å². The minimum atomic E-state index is -3.85. The van der Waals surface area contributed by atoms with Crippen LogP contribution in [0.25, 0.3) is 0 Å². The summed E-state index contributed by atoms with van der Waals surface area (Å²) in [5.74, 6) is 0.589. The zero-order chi connectivity index (χ0) is 21.7. The maximum atomic E-state index is 13.3. The van der Waals surface area contributed by atoms with Gasteiger partial charge < -0.3 is 5.11 Å². The van der Waals surface area contributed by atoms with E-state index in [1.165, 1.54) is 27.8 Å². The van der Waals surface area contributed by atoms with Crippen molar-refractivity contribution < 1.29 is 13.5 Å². The van der Waals surface area contributed by atoms with Gasteiger partial charge >= 0.3 is 0 Å². The molecule has 0 aliphatic rings. The van der Waals surface area contributed by atoms with E-state index in [1.54, 1.807) is 54.2 Å². The quantitative estimate of drug-likeness (QED) is 0.389. The van der Waals surface area contributed by atoms with Crippen LogP contribution in [0.15, 0.2) is 70.0 Å². The van der Waals surface area contributed by atoms with Crippen LogP contribution in [0.2, 0.25) is 0 Å². The van der Waals surface area contributed by atoms with Crippen molar-refractivity contribution in [2.45, 2.75) is 11.3 Å². The summed E-state index contributed by atoms with van der Waals surface area (Å²) in [7, 11) is -3.85. The highest BCUT2D eigenvalue weighted by Crippen LogP contribution is 2.27. The van der Waals surface area contributed by atoms with E-state index in [2.05, 4.69) is 30.6 Å². The third-order valence-electron chi connectivity index (χ3n) is 4.24. The molecule has 4 aromatic rings. The summed E-state index contributed by atoms with van der Waals surface area (Å²) >= 11 is 1.23. The average molecular weight is 456 g/mol. The van der Waals surface area contributed by atoms with Crippen molar-refractivity contribution in [3.8, 4) is 5.75 Å². The topological polar surface area (TPSA) is 137 Å². The SMILES string of the molecule is O=S(=O)(c1ccc(N=Cc2ccc(O)cc2)cc1)N(CCc1nn[nH]n1)c1nccs1. The van der Waals surface area contributed by atoms with Gasteiger partial charge in [-0.3, -0.25) is 4.99 Å². The number of aliphatic imine (C=N–C) groups is 1. The summed E-state index contributed by atoms with van der Waals surface area (Å²) in [4.78, 5) is 8.62. The number of hydrogen-bond acceptors (Lipinski definition) is 9. The van der Waals surface area contributed by atoms with Crippen molar-refractivity contribution in [1.82, 2.24) is 25.6 Å². The van der Waals surface area contributed by atoms with Crippen LogP contribution in [-0.2, 0) is 16.4 Å². The number of phenolic OH excluding ortho intramolecular Hbond substituents is 1. The van der Waals surface area contributed by atoms with Crippen molar-refractivity contribution in [3.05, 3.63) is 71.5 Å². The minimum absolute atomic E-state index is 0.121. The Morgan fingerprint density at radius 2 is 1.90 bits per heavy atom. The van der Waals surface area contributed by atoms with Crippen LogP contribution in [-0.4, -0.2) is 51.9 Å². The number of thiazole rings is 1. The number of benzene rings is 2. The van der Waals surface area contributed by atoms with Gasteiger partial charge in [0.1, 0.15) is 5.75 Å². The fourth-order valence-corrected chi connectivity index (χ4v) is 5.00. The monoisotopic (exact) mass is 455 g/mol. The molecular weight excluding hydrogens is 438 g/mol. The second kappa shape index (κ2) is 9.02. The van der Waals surface area contributed by atoms with Crippen LogP contribution in [0.3, 0.4) is 0 Å². The highest BCUT2D eigenvalue weighted by atomic mass is 32.2. The minimum Gasteiger partial charge on any atom is -0.508 e. The molecule has 10 nitrogen and oxygen atoms in total. The van der Waals surface area contributed by atoms with Crippen LogP contribution >= 0.6 is 11.3 Å². The number of sulfonamides is 1. The lowest BCUT2D eigenvalue weighted by Gasteiger charge is -2.21. The van der Waals surface area contributed by atoms with E-state index in [0.717, 1.165) is 5.56 Å². The zero-order valence-corrected chi connectivity index (χ0v) is 17.7. The molecule has 4 rings (SSSR count). The van der Waals surface area contributed by atoms with Crippen LogP contribution in [0.5, 0.6) is 5.75 Å². The van der Waals surface area contributed by atoms with E-state index in [4.69, 9.17) is 0 Å². The average Bonchev–Trinajstić information content (AvgIpc) is 3.48. The molecule has 2 aromatic heterocycles. The van der Waals surface area contributed by atoms with Crippen LogP contribution in [0, 0.1) is 0 Å². The fraction of sp³-hybridized carbons (Fsp3) is 0.105. The molecule has 0 saturated carbocycles. The normalized spacial score (nSPS) is 11.7. The van der Waals surface area contributed by atoms with Gasteiger partial charge in [-0.2, -0.15) is 5.21 Å². The maximum Gasteiger partial charge on any atom is 0.266 e. The molecule has 0 unspecified atom stereocenters. The van der Waals surface area contributed by atoms with Crippen molar-refractivity contribution in [2.24, 2.45) is 4.99 Å². The van der Waals surface area contributed by atoms with E-state index in [0.29, 0.717) is 16.6 Å². The molecule has 0 radical (unpaired) electrons. The van der Waals surface area contributed by atoms with Crippen molar-refractivity contribution in [3.63, 3.8) is 0 Å². The Morgan fingerprint density at radius 1 is 1.13 bits per heavy atom. The number of H-pyrrole nitrogens is 1. The summed E-state index contributed by atoms with van der Waals surface area (Å²) in [6, 6.07) is 12.9. The van der Waals surface area contributed by atoms with Gasteiger partial charge in [-0.05, 0) is 54.1 Å². The van der Waals surface area contributed by atoms with E-state index >= 15 is 0 Å². The number of aromatic nitrogens is 5. The Hall–Kier alpha value is -3.64. The van der Waals surface area contributed by atoms with Crippen molar-refractivity contribution in [1.29, 1.82) is 0 Å². The molecule has 0 aliphatic carbocycles. The lowest BCUT2D eigenvalue weighted by atomic mass is 10.2. The van der Waals surface area contributed by atoms with Gasteiger partial charge in [-0.25, -0.2) is 17.7 Å². The fourth-order valence-electron chi connectivity index (χ4n) is 2.69. The Balaban J connectivity index is 1.54. The molecule has 0 spiro atoms. The summed E-state index contributed by atoms with van der Waals surface area (Å²) in [6.07, 6.45) is 3.47. The largest absolute Gasteiger partial charge is 0.508 e. The molecule has 0 atom stereocenters. The molecule has 12 heteroatoms. The second-order valence-corrected chi connectivity index (χ2v) is 9.05. The van der Waals surface area contributed by atoms with E-state index in [-0.39, 0.29) is 23.6 Å². The number of nitrogens with one attached hydrogen (secondary N) is 1. The van der Waals surface area contributed by atoms with Crippen molar-refractivity contribution >= 4 is 38.4 Å². The number of tetrazole rings is 1. The molecule has 2 N–H and O–H groups in total. The lowest BCUT2D eigenvalue weighted by Crippen LogP contribution is -2.33. The first-order valence-electron chi connectivity index (χ1n) is 9.10. The third-order valence-corrected chi connectivity index (χ3v) is 6.95. The number of nitrogens with zero attached hydrogens (tertiary/aromatic N) is 6. The van der Waals surface area contributed by atoms with Crippen LogP contribution in [0.1, 0.15) is 11.4 Å². The number of anilines is 1. The van der Waals surface area contributed by atoms with Gasteiger partial charge in [-0.15, -0.1) is 21.5 Å². The van der Waals surface area contributed by atoms with Gasteiger partial charge in [0.2, 0.25) is 0 Å². The van der Waals surface area contributed by atoms with E-state index < -0.39 is 10.0 Å². The van der Waals surface area contributed by atoms with Gasteiger partial charge in [0.25, 0.3) is 10.0 Å². The summed E-state index contributed by atoms with van der Waals surface area (Å²) in [5.41, 5.74) is 1.41. The van der Waals surface area contributed by atoms with E-state index in [1.807, 2.05) is 0 Å². The first kappa shape index (κ1) is 20.6. The number of aromatic amines is 1. The van der Waals surface area contributed by atoms with Gasteiger partial charge in [0.05, 0.1) is 10.6 Å². The summed E-state index contributed by atoms with van der Waals surface area (Å²) in [6.45, 7) is 0.121. The molecule has 0 bridgehead atoms. The molecule has 158 valence electrons. The lowest BCUT2D eigenvalue weighted by molar-refractivity contribution is 0.475. The number of phenols is 1. The number of hydrogen-bond donors (Lipinski definition) is 2. The maximum absolute atomic E-state index is 13.3. The predicted molar refractivity (Wildman–Crippen MR) is 116 cm³/mol. The standard InChI is InChI=1S/C19H17N7O3S2/c27-16-5-1-14(2-6-16)13-21-15-3-7-17(8-4-15)31(28,29)26(19-20-10-12-30-19)11-9-18-22-24-25-23-18/h1-8,10,12-13,27H,9,11H2,(H,22,23,24,25). The highest BCUT2D eigenvalue weighted by molar-refractivity contribution is 7.93. The zero-order valence-electron chi connectivity index (χ0n) is 16.0.